The van der Waals surface area contributed by atoms with E-state index in [1.165, 1.54) is 0 Å². The predicted molar refractivity (Wildman–Crippen MR) is 73.5 cm³/mol. The van der Waals surface area contributed by atoms with Crippen molar-refractivity contribution in [3.8, 4) is 0 Å². The molecule has 0 saturated carbocycles. The first-order valence-corrected chi connectivity index (χ1v) is 6.55. The van der Waals surface area contributed by atoms with Gasteiger partial charge < -0.3 is 0 Å². The molecular weight excluding hydrogens is 300 g/mol. The van der Waals surface area contributed by atoms with Crippen LogP contribution in [0.25, 0.3) is 0 Å². The Hall–Kier alpha value is -1.46. The Morgan fingerprint density at radius 3 is 2.76 bits per heavy atom. The molecule has 1 N–H and O–H groups in total. The van der Waals surface area contributed by atoms with Crippen LogP contribution in [0.5, 0.6) is 0 Å². The highest BCUT2D eigenvalue weighted by molar-refractivity contribution is 9.10. The lowest BCUT2D eigenvalue weighted by atomic mass is 10.2. The number of hydrogen-bond acceptors (Lipinski definition) is 3. The number of carbonyl (C=O) groups is 1. The average Bonchev–Trinajstić information content (AvgIpc) is 2.76. The van der Waals surface area contributed by atoms with Crippen molar-refractivity contribution in [3.63, 3.8) is 0 Å². The predicted octanol–water partition coefficient (Wildman–Crippen LogP) is 3.27. The second kappa shape index (κ2) is 5.75. The van der Waals surface area contributed by atoms with Gasteiger partial charge in [0.05, 0.1) is 6.21 Å². The summed E-state index contributed by atoms with van der Waals surface area (Å²) >= 11 is 4.90. The topological polar surface area (TPSA) is 41.5 Å². The van der Waals surface area contributed by atoms with Gasteiger partial charge in [0.15, 0.2) is 0 Å². The number of halogens is 1. The molecule has 0 bridgehead atoms. The smallest absolute Gasteiger partial charge is 0.267 e. The second-order valence-electron chi connectivity index (χ2n) is 3.23. The van der Waals surface area contributed by atoms with E-state index in [1.807, 2.05) is 29.6 Å². The lowest BCUT2D eigenvalue weighted by molar-refractivity contribution is 0.0955. The van der Waals surface area contributed by atoms with Crippen LogP contribution in [0, 0.1) is 0 Å². The molecule has 1 amide bonds. The van der Waals surface area contributed by atoms with Gasteiger partial charge in [-0.2, -0.15) is 5.10 Å². The third-order valence-corrected chi connectivity index (χ3v) is 3.61. The highest BCUT2D eigenvalue weighted by Gasteiger charge is 2.01. The van der Waals surface area contributed by atoms with Gasteiger partial charge in [-0.15, -0.1) is 11.3 Å². The van der Waals surface area contributed by atoms with Crippen LogP contribution in [0.15, 0.2) is 51.4 Å². The number of amides is 1. The maximum atomic E-state index is 11.6. The van der Waals surface area contributed by atoms with Crippen molar-refractivity contribution in [2.24, 2.45) is 5.10 Å². The van der Waals surface area contributed by atoms with E-state index in [0.717, 1.165) is 9.35 Å². The Morgan fingerprint density at radius 2 is 2.12 bits per heavy atom. The minimum atomic E-state index is -0.211. The summed E-state index contributed by atoms with van der Waals surface area (Å²) in [5, 5.41) is 5.85. The molecule has 0 fully saturated rings. The van der Waals surface area contributed by atoms with Crippen LogP contribution in [-0.2, 0) is 0 Å². The first-order valence-electron chi connectivity index (χ1n) is 4.88. The van der Waals surface area contributed by atoms with Crippen LogP contribution in [-0.4, -0.2) is 12.1 Å². The van der Waals surface area contributed by atoms with Crippen molar-refractivity contribution in [1.82, 2.24) is 5.43 Å². The lowest BCUT2D eigenvalue weighted by Crippen LogP contribution is -2.17. The van der Waals surface area contributed by atoms with Crippen molar-refractivity contribution in [2.45, 2.75) is 0 Å². The summed E-state index contributed by atoms with van der Waals surface area (Å²) in [7, 11) is 0. The van der Waals surface area contributed by atoms with Crippen molar-refractivity contribution in [3.05, 3.63) is 56.7 Å². The molecule has 1 aromatic carbocycles. The number of benzene rings is 1. The normalized spacial score (nSPS) is 10.6. The molecule has 0 aliphatic carbocycles. The van der Waals surface area contributed by atoms with E-state index < -0.39 is 0 Å². The maximum Gasteiger partial charge on any atom is 0.271 e. The number of hydrazone groups is 1. The SMILES string of the molecule is O=C(N/N=C\c1cc(Br)cs1)c1ccccc1. The molecule has 3 nitrogen and oxygen atoms in total. The molecule has 0 unspecified atom stereocenters. The molecule has 2 aromatic rings. The minimum Gasteiger partial charge on any atom is -0.267 e. The molecule has 5 heteroatoms. The van der Waals surface area contributed by atoms with Gasteiger partial charge in [0, 0.05) is 20.3 Å². The van der Waals surface area contributed by atoms with Gasteiger partial charge >= 0.3 is 0 Å². The summed E-state index contributed by atoms with van der Waals surface area (Å²) < 4.78 is 1.01. The first kappa shape index (κ1) is 12.0. The first-order chi connectivity index (χ1) is 8.25. The van der Waals surface area contributed by atoms with Crippen molar-refractivity contribution in [2.75, 3.05) is 0 Å². The summed E-state index contributed by atoms with van der Waals surface area (Å²) in [6.45, 7) is 0. The van der Waals surface area contributed by atoms with Crippen LogP contribution in [0.4, 0.5) is 0 Å². The van der Waals surface area contributed by atoms with Crippen LogP contribution in [0.1, 0.15) is 15.2 Å². The zero-order chi connectivity index (χ0) is 12.1. The van der Waals surface area contributed by atoms with Crippen LogP contribution < -0.4 is 5.43 Å². The Morgan fingerprint density at radius 1 is 1.35 bits per heavy atom. The van der Waals surface area contributed by atoms with Crippen LogP contribution in [0.3, 0.4) is 0 Å². The summed E-state index contributed by atoms with van der Waals surface area (Å²) in [6, 6.07) is 10.9. The van der Waals surface area contributed by atoms with Gasteiger partial charge in [-0.1, -0.05) is 18.2 Å². The van der Waals surface area contributed by atoms with Crippen molar-refractivity contribution < 1.29 is 4.79 Å². The number of carbonyl (C=O) groups excluding carboxylic acids is 1. The summed E-state index contributed by atoms with van der Waals surface area (Å²) in [6.07, 6.45) is 1.62. The number of nitrogens with one attached hydrogen (secondary N) is 1. The monoisotopic (exact) mass is 308 g/mol. The largest absolute Gasteiger partial charge is 0.271 e. The fraction of sp³-hybridized carbons (Fsp3) is 0. The number of hydrogen-bond donors (Lipinski definition) is 1. The number of rotatable bonds is 3. The van der Waals surface area contributed by atoms with Gasteiger partial charge in [-0.25, -0.2) is 5.43 Å². The minimum absolute atomic E-state index is 0.211. The van der Waals surface area contributed by atoms with E-state index in [-0.39, 0.29) is 5.91 Å². The highest BCUT2D eigenvalue weighted by atomic mass is 79.9. The van der Waals surface area contributed by atoms with Gasteiger partial charge in [0.25, 0.3) is 5.91 Å². The van der Waals surface area contributed by atoms with E-state index in [2.05, 4.69) is 26.5 Å². The zero-order valence-corrected chi connectivity index (χ0v) is 11.2. The highest BCUT2D eigenvalue weighted by Crippen LogP contribution is 2.17. The molecule has 0 atom stereocenters. The summed E-state index contributed by atoms with van der Waals surface area (Å²) in [4.78, 5) is 12.6. The van der Waals surface area contributed by atoms with E-state index in [9.17, 15) is 4.79 Å². The molecule has 17 heavy (non-hydrogen) atoms. The number of nitrogens with zero attached hydrogens (tertiary/aromatic N) is 1. The van der Waals surface area contributed by atoms with Crippen molar-refractivity contribution >= 4 is 39.4 Å². The molecule has 0 aliphatic rings. The molecule has 86 valence electrons. The van der Waals surface area contributed by atoms with E-state index in [4.69, 9.17) is 0 Å². The second-order valence-corrected chi connectivity index (χ2v) is 5.09. The summed E-state index contributed by atoms with van der Waals surface area (Å²) in [5.41, 5.74) is 3.07. The van der Waals surface area contributed by atoms with Gasteiger partial charge in [0.1, 0.15) is 0 Å². The van der Waals surface area contributed by atoms with Gasteiger partial charge in [-0.3, -0.25) is 4.79 Å². The Labute approximate surface area is 111 Å². The van der Waals surface area contributed by atoms with E-state index in [1.54, 1.807) is 29.7 Å². The van der Waals surface area contributed by atoms with E-state index in [0.29, 0.717) is 5.56 Å². The fourth-order valence-electron chi connectivity index (χ4n) is 1.20. The molecule has 1 aromatic heterocycles. The average molecular weight is 309 g/mol. The molecule has 0 aliphatic heterocycles. The quantitative estimate of drug-likeness (QED) is 0.686. The third kappa shape index (κ3) is 3.51. The van der Waals surface area contributed by atoms with Gasteiger partial charge in [-0.05, 0) is 34.1 Å². The van der Waals surface area contributed by atoms with Crippen LogP contribution in [0.2, 0.25) is 0 Å². The fourth-order valence-corrected chi connectivity index (χ4v) is 2.51. The maximum absolute atomic E-state index is 11.6. The summed E-state index contributed by atoms with van der Waals surface area (Å²) in [5.74, 6) is -0.211. The van der Waals surface area contributed by atoms with Crippen molar-refractivity contribution in [1.29, 1.82) is 0 Å². The molecular formula is C12H9BrN2OS. The molecule has 0 saturated heterocycles. The molecule has 0 radical (unpaired) electrons. The van der Waals surface area contributed by atoms with Gasteiger partial charge in [0.2, 0.25) is 0 Å². The zero-order valence-electron chi connectivity index (χ0n) is 8.76. The molecule has 1 heterocycles. The third-order valence-electron chi connectivity index (χ3n) is 1.98. The Balaban J connectivity index is 1.95. The Bertz CT molecular complexity index is 536. The standard InChI is InChI=1S/C12H9BrN2OS/c13-10-6-11(17-8-10)7-14-15-12(16)9-4-2-1-3-5-9/h1-8H,(H,15,16)/b14-7-. The molecule has 2 rings (SSSR count). The lowest BCUT2D eigenvalue weighted by Gasteiger charge is -1.97. The number of thiophene rings is 1. The Kier molecular flexibility index (Phi) is 4.06. The van der Waals surface area contributed by atoms with E-state index >= 15 is 0 Å². The van der Waals surface area contributed by atoms with Crippen LogP contribution >= 0.6 is 27.3 Å². The molecule has 0 spiro atoms.